The maximum Gasteiger partial charge on any atom is 0.0319 e. The van der Waals surface area contributed by atoms with Crippen LogP contribution < -0.4 is 0 Å². The second kappa shape index (κ2) is 5.00. The van der Waals surface area contributed by atoms with E-state index in [1.165, 1.54) is 5.57 Å². The Morgan fingerprint density at radius 1 is 1.36 bits per heavy atom. The van der Waals surface area contributed by atoms with Gasteiger partial charge in [-0.2, -0.15) is 0 Å². The fraction of sp³-hybridized carbons (Fsp3) is 0.600. The SMILES string of the molecule is C=C(/C(C)=C/C)N(CC)CC. The van der Waals surface area contributed by atoms with E-state index in [9.17, 15) is 0 Å². The van der Waals surface area contributed by atoms with Gasteiger partial charge in [-0.05, 0) is 33.3 Å². The monoisotopic (exact) mass is 153 g/mol. The summed E-state index contributed by atoms with van der Waals surface area (Å²) in [6.07, 6.45) is 2.10. The van der Waals surface area contributed by atoms with Crippen LogP contribution in [-0.4, -0.2) is 18.0 Å². The van der Waals surface area contributed by atoms with Crippen molar-refractivity contribution in [2.24, 2.45) is 0 Å². The first-order valence-corrected chi connectivity index (χ1v) is 4.24. The number of rotatable bonds is 4. The summed E-state index contributed by atoms with van der Waals surface area (Å²) in [4.78, 5) is 2.26. The Morgan fingerprint density at radius 2 is 1.82 bits per heavy atom. The third-order valence-corrected chi connectivity index (χ3v) is 2.03. The average Bonchev–Trinajstić information content (AvgIpc) is 2.05. The first-order valence-electron chi connectivity index (χ1n) is 4.24. The normalized spacial score (nSPS) is 11.5. The molecule has 0 aromatic carbocycles. The van der Waals surface area contributed by atoms with Gasteiger partial charge < -0.3 is 4.90 Å². The van der Waals surface area contributed by atoms with E-state index in [0.717, 1.165) is 18.8 Å². The first-order chi connectivity index (χ1) is 5.17. The van der Waals surface area contributed by atoms with Crippen LogP contribution in [0.3, 0.4) is 0 Å². The topological polar surface area (TPSA) is 3.24 Å². The molecule has 0 N–H and O–H groups in total. The predicted octanol–water partition coefficient (Wildman–Crippen LogP) is 2.81. The van der Waals surface area contributed by atoms with Gasteiger partial charge in [-0.1, -0.05) is 12.7 Å². The Balaban J connectivity index is 4.21. The summed E-state index contributed by atoms with van der Waals surface area (Å²) in [5.41, 5.74) is 2.42. The zero-order valence-electron chi connectivity index (χ0n) is 8.15. The smallest absolute Gasteiger partial charge is 0.0319 e. The molecule has 0 spiro atoms. The van der Waals surface area contributed by atoms with Crippen molar-refractivity contribution in [2.45, 2.75) is 27.7 Å². The molecule has 0 unspecified atom stereocenters. The van der Waals surface area contributed by atoms with Crippen molar-refractivity contribution in [3.63, 3.8) is 0 Å². The molecule has 0 amide bonds. The zero-order valence-corrected chi connectivity index (χ0v) is 8.15. The van der Waals surface area contributed by atoms with E-state index in [1.807, 2.05) is 6.92 Å². The van der Waals surface area contributed by atoms with Crippen LogP contribution in [0.2, 0.25) is 0 Å². The van der Waals surface area contributed by atoms with Crippen molar-refractivity contribution in [3.8, 4) is 0 Å². The summed E-state index contributed by atoms with van der Waals surface area (Å²) < 4.78 is 0. The molecule has 0 bridgehead atoms. The molecular formula is C10H19N. The molecule has 0 heterocycles. The summed E-state index contributed by atoms with van der Waals surface area (Å²) in [5.74, 6) is 0. The summed E-state index contributed by atoms with van der Waals surface area (Å²) in [5, 5.41) is 0. The van der Waals surface area contributed by atoms with Crippen LogP contribution in [0.15, 0.2) is 23.9 Å². The van der Waals surface area contributed by atoms with Crippen LogP contribution in [-0.2, 0) is 0 Å². The van der Waals surface area contributed by atoms with E-state index in [1.54, 1.807) is 0 Å². The van der Waals surface area contributed by atoms with Gasteiger partial charge in [0.15, 0.2) is 0 Å². The molecule has 0 rings (SSSR count). The zero-order chi connectivity index (χ0) is 8.85. The van der Waals surface area contributed by atoms with Crippen molar-refractivity contribution < 1.29 is 0 Å². The quantitative estimate of drug-likeness (QED) is 0.561. The molecule has 11 heavy (non-hydrogen) atoms. The fourth-order valence-electron chi connectivity index (χ4n) is 1.02. The van der Waals surface area contributed by atoms with E-state index in [4.69, 9.17) is 0 Å². The van der Waals surface area contributed by atoms with Gasteiger partial charge in [0, 0.05) is 18.8 Å². The molecule has 0 saturated carbocycles. The number of hydrogen-bond acceptors (Lipinski definition) is 1. The molecule has 0 aliphatic rings. The van der Waals surface area contributed by atoms with Crippen molar-refractivity contribution in [2.75, 3.05) is 13.1 Å². The first kappa shape index (κ1) is 10.3. The Bertz CT molecular complexity index is 152. The molecule has 64 valence electrons. The van der Waals surface area contributed by atoms with E-state index < -0.39 is 0 Å². The molecule has 1 nitrogen and oxygen atoms in total. The lowest BCUT2D eigenvalue weighted by Crippen LogP contribution is -2.21. The highest BCUT2D eigenvalue weighted by atomic mass is 15.1. The van der Waals surface area contributed by atoms with Crippen molar-refractivity contribution in [3.05, 3.63) is 23.9 Å². The van der Waals surface area contributed by atoms with Gasteiger partial charge in [0.05, 0.1) is 0 Å². The van der Waals surface area contributed by atoms with E-state index in [-0.39, 0.29) is 0 Å². The lowest BCUT2D eigenvalue weighted by atomic mass is 10.2. The molecule has 0 fully saturated rings. The minimum atomic E-state index is 1.04. The van der Waals surface area contributed by atoms with Gasteiger partial charge in [-0.3, -0.25) is 0 Å². The Morgan fingerprint density at radius 3 is 2.09 bits per heavy atom. The standard InChI is InChI=1S/C10H19N/c1-6-9(4)10(5)11(7-2)8-3/h6H,5,7-8H2,1-4H3/b9-6+. The molecule has 0 aliphatic heterocycles. The predicted molar refractivity (Wildman–Crippen MR) is 51.5 cm³/mol. The number of likely N-dealkylation sites (N-methyl/N-ethyl adjacent to an activating group) is 1. The summed E-state index contributed by atoms with van der Waals surface area (Å²) in [6, 6.07) is 0. The molecule has 1 heteroatoms. The summed E-state index contributed by atoms with van der Waals surface area (Å²) in [6.45, 7) is 14.6. The second-order valence-electron chi connectivity index (χ2n) is 2.59. The van der Waals surface area contributed by atoms with Crippen LogP contribution in [0.5, 0.6) is 0 Å². The number of hydrogen-bond donors (Lipinski definition) is 0. The Labute approximate surface area is 70.4 Å². The van der Waals surface area contributed by atoms with Crippen molar-refractivity contribution in [1.82, 2.24) is 4.90 Å². The average molecular weight is 153 g/mol. The van der Waals surface area contributed by atoms with Crippen LogP contribution in [0.1, 0.15) is 27.7 Å². The second-order valence-corrected chi connectivity index (χ2v) is 2.59. The Kier molecular flexibility index (Phi) is 4.67. The summed E-state index contributed by atoms with van der Waals surface area (Å²) in [7, 11) is 0. The van der Waals surface area contributed by atoms with Crippen molar-refractivity contribution >= 4 is 0 Å². The minimum absolute atomic E-state index is 1.04. The van der Waals surface area contributed by atoms with Crippen LogP contribution in [0.25, 0.3) is 0 Å². The highest BCUT2D eigenvalue weighted by molar-refractivity contribution is 5.24. The van der Waals surface area contributed by atoms with Gasteiger partial charge in [-0.15, -0.1) is 0 Å². The maximum absolute atomic E-state index is 4.03. The lowest BCUT2D eigenvalue weighted by Gasteiger charge is -2.23. The third kappa shape index (κ3) is 2.79. The van der Waals surface area contributed by atoms with Gasteiger partial charge in [0.1, 0.15) is 0 Å². The van der Waals surface area contributed by atoms with Crippen molar-refractivity contribution in [1.29, 1.82) is 0 Å². The van der Waals surface area contributed by atoms with E-state index >= 15 is 0 Å². The molecule has 0 aromatic rings. The Hall–Kier alpha value is -0.720. The summed E-state index contributed by atoms with van der Waals surface area (Å²) >= 11 is 0. The highest BCUT2D eigenvalue weighted by Gasteiger charge is 2.02. The van der Waals surface area contributed by atoms with Crippen LogP contribution >= 0.6 is 0 Å². The van der Waals surface area contributed by atoms with Gasteiger partial charge in [0.2, 0.25) is 0 Å². The largest absolute Gasteiger partial charge is 0.372 e. The molecule has 0 atom stereocenters. The van der Waals surface area contributed by atoms with Crippen LogP contribution in [0.4, 0.5) is 0 Å². The van der Waals surface area contributed by atoms with Gasteiger partial charge >= 0.3 is 0 Å². The third-order valence-electron chi connectivity index (χ3n) is 2.03. The fourth-order valence-corrected chi connectivity index (χ4v) is 1.02. The van der Waals surface area contributed by atoms with Gasteiger partial charge in [0.25, 0.3) is 0 Å². The van der Waals surface area contributed by atoms with Gasteiger partial charge in [-0.25, -0.2) is 0 Å². The minimum Gasteiger partial charge on any atom is -0.372 e. The maximum atomic E-state index is 4.03. The molecule has 0 aromatic heterocycles. The molecular weight excluding hydrogens is 134 g/mol. The van der Waals surface area contributed by atoms with Crippen LogP contribution in [0, 0.1) is 0 Å². The molecule has 0 aliphatic carbocycles. The molecule has 0 radical (unpaired) electrons. The van der Waals surface area contributed by atoms with E-state index in [0.29, 0.717) is 0 Å². The number of nitrogens with zero attached hydrogens (tertiary/aromatic N) is 1. The highest BCUT2D eigenvalue weighted by Crippen LogP contribution is 2.11. The lowest BCUT2D eigenvalue weighted by molar-refractivity contribution is 0.391. The number of allylic oxidation sites excluding steroid dienone is 2. The molecule has 0 saturated heterocycles. The van der Waals surface area contributed by atoms with E-state index in [2.05, 4.69) is 38.3 Å².